The summed E-state index contributed by atoms with van der Waals surface area (Å²) in [7, 11) is 1.60. The lowest BCUT2D eigenvalue weighted by atomic mass is 10.1. The van der Waals surface area contributed by atoms with E-state index in [1.54, 1.807) is 13.3 Å². The topological polar surface area (TPSA) is 54.5 Å². The number of aromatic nitrogens is 1. The normalized spacial score (nSPS) is 15.3. The Morgan fingerprint density at radius 3 is 2.58 bits per heavy atom. The van der Waals surface area contributed by atoms with Gasteiger partial charge < -0.3 is 9.64 Å². The van der Waals surface area contributed by atoms with Gasteiger partial charge in [-0.05, 0) is 24.0 Å². The lowest BCUT2D eigenvalue weighted by Gasteiger charge is -2.24. The minimum absolute atomic E-state index is 0.153. The molecule has 0 radical (unpaired) electrons. The molecule has 1 aromatic heterocycles. The van der Waals surface area contributed by atoms with Gasteiger partial charge in [-0.15, -0.1) is 0 Å². The zero-order chi connectivity index (χ0) is 16.8. The highest BCUT2D eigenvalue weighted by Crippen LogP contribution is 2.20. The fourth-order valence-electron chi connectivity index (χ4n) is 2.97. The van der Waals surface area contributed by atoms with Gasteiger partial charge in [-0.25, -0.2) is 4.98 Å². The molecule has 1 amide bonds. The SMILES string of the molecule is COc1ccc(CNC(C(=O)N2CCCC2)c2ccccc2)cn1. The van der Waals surface area contributed by atoms with Crippen LogP contribution in [0, 0.1) is 0 Å². The molecule has 1 N–H and O–H groups in total. The predicted octanol–water partition coefficient (Wildman–Crippen LogP) is 2.54. The summed E-state index contributed by atoms with van der Waals surface area (Å²) in [5, 5.41) is 3.39. The van der Waals surface area contributed by atoms with Crippen molar-refractivity contribution >= 4 is 5.91 Å². The van der Waals surface area contributed by atoms with Crippen molar-refractivity contribution in [3.63, 3.8) is 0 Å². The van der Waals surface area contributed by atoms with Gasteiger partial charge in [-0.1, -0.05) is 36.4 Å². The maximum absolute atomic E-state index is 12.9. The van der Waals surface area contributed by atoms with Crippen LogP contribution in [0.5, 0.6) is 5.88 Å². The van der Waals surface area contributed by atoms with Crippen LogP contribution in [0.15, 0.2) is 48.7 Å². The molecular weight excluding hydrogens is 302 g/mol. The van der Waals surface area contributed by atoms with Gasteiger partial charge in [-0.3, -0.25) is 10.1 Å². The number of ether oxygens (including phenoxy) is 1. The summed E-state index contributed by atoms with van der Waals surface area (Å²) in [6.07, 6.45) is 3.96. The van der Waals surface area contributed by atoms with Gasteiger partial charge in [0, 0.05) is 31.9 Å². The van der Waals surface area contributed by atoms with E-state index in [-0.39, 0.29) is 11.9 Å². The molecule has 3 rings (SSSR count). The van der Waals surface area contributed by atoms with Crippen LogP contribution in [0.4, 0.5) is 0 Å². The maximum atomic E-state index is 12.9. The molecule has 24 heavy (non-hydrogen) atoms. The number of carbonyl (C=O) groups excluding carboxylic acids is 1. The first-order valence-corrected chi connectivity index (χ1v) is 8.34. The molecule has 0 saturated carbocycles. The fraction of sp³-hybridized carbons (Fsp3) is 0.368. The van der Waals surface area contributed by atoms with Crippen molar-refractivity contribution < 1.29 is 9.53 Å². The van der Waals surface area contributed by atoms with Crippen LogP contribution in [-0.4, -0.2) is 36.0 Å². The molecule has 5 nitrogen and oxygen atoms in total. The first-order valence-electron chi connectivity index (χ1n) is 8.34. The van der Waals surface area contributed by atoms with Gasteiger partial charge in [0.25, 0.3) is 0 Å². The van der Waals surface area contributed by atoms with Crippen molar-refractivity contribution in [2.24, 2.45) is 0 Å². The second-order valence-electron chi connectivity index (χ2n) is 5.97. The number of benzene rings is 1. The lowest BCUT2D eigenvalue weighted by molar-refractivity contribution is -0.132. The Balaban J connectivity index is 1.72. The van der Waals surface area contributed by atoms with E-state index in [1.165, 1.54) is 0 Å². The average molecular weight is 325 g/mol. The van der Waals surface area contributed by atoms with Crippen molar-refractivity contribution in [2.75, 3.05) is 20.2 Å². The van der Waals surface area contributed by atoms with Crippen LogP contribution in [-0.2, 0) is 11.3 Å². The number of rotatable bonds is 6. The van der Waals surface area contributed by atoms with Gasteiger partial charge >= 0.3 is 0 Å². The highest BCUT2D eigenvalue weighted by Gasteiger charge is 2.27. The second-order valence-corrected chi connectivity index (χ2v) is 5.97. The monoisotopic (exact) mass is 325 g/mol. The number of amides is 1. The molecular formula is C19H23N3O2. The minimum Gasteiger partial charge on any atom is -0.481 e. The van der Waals surface area contributed by atoms with Crippen molar-refractivity contribution in [1.29, 1.82) is 0 Å². The number of hydrogen-bond donors (Lipinski definition) is 1. The standard InChI is InChI=1S/C19H23N3O2/c1-24-17-10-9-15(13-20-17)14-21-18(16-7-3-2-4-8-16)19(23)22-11-5-6-12-22/h2-4,7-10,13,18,21H,5-6,11-12,14H2,1H3. The summed E-state index contributed by atoms with van der Waals surface area (Å²) in [6, 6.07) is 13.4. The molecule has 1 aromatic carbocycles. The van der Waals surface area contributed by atoms with Gasteiger partial charge in [0.2, 0.25) is 11.8 Å². The smallest absolute Gasteiger partial charge is 0.244 e. The van der Waals surface area contributed by atoms with Crippen molar-refractivity contribution in [2.45, 2.75) is 25.4 Å². The highest BCUT2D eigenvalue weighted by molar-refractivity contribution is 5.83. The number of methoxy groups -OCH3 is 1. The molecule has 1 aliphatic rings. The molecule has 1 atom stereocenters. The van der Waals surface area contributed by atoms with E-state index in [4.69, 9.17) is 4.74 Å². The third-order valence-electron chi connectivity index (χ3n) is 4.31. The molecule has 1 saturated heterocycles. The van der Waals surface area contributed by atoms with E-state index in [9.17, 15) is 4.79 Å². The van der Waals surface area contributed by atoms with E-state index in [0.717, 1.165) is 37.1 Å². The summed E-state index contributed by atoms with van der Waals surface area (Å²) in [6.45, 7) is 2.29. The first kappa shape index (κ1) is 16.5. The van der Waals surface area contributed by atoms with Crippen LogP contribution in [0.1, 0.15) is 30.0 Å². The summed E-state index contributed by atoms with van der Waals surface area (Å²) in [5.41, 5.74) is 2.02. The molecule has 126 valence electrons. The van der Waals surface area contributed by atoms with Crippen LogP contribution >= 0.6 is 0 Å². The van der Waals surface area contributed by atoms with Crippen molar-refractivity contribution in [3.8, 4) is 5.88 Å². The minimum atomic E-state index is -0.327. The lowest BCUT2D eigenvalue weighted by Crippen LogP contribution is -2.39. The predicted molar refractivity (Wildman–Crippen MR) is 92.6 cm³/mol. The zero-order valence-corrected chi connectivity index (χ0v) is 13.9. The van der Waals surface area contributed by atoms with Crippen LogP contribution < -0.4 is 10.1 Å². The Bertz CT molecular complexity index is 652. The number of nitrogens with zero attached hydrogens (tertiary/aromatic N) is 2. The van der Waals surface area contributed by atoms with Crippen LogP contribution in [0.25, 0.3) is 0 Å². The third-order valence-corrected chi connectivity index (χ3v) is 4.31. The van der Waals surface area contributed by atoms with Crippen molar-refractivity contribution in [1.82, 2.24) is 15.2 Å². The molecule has 5 heteroatoms. The maximum Gasteiger partial charge on any atom is 0.244 e. The van der Waals surface area contributed by atoms with Gasteiger partial charge in [0.1, 0.15) is 6.04 Å². The summed E-state index contributed by atoms with van der Waals surface area (Å²) in [5.74, 6) is 0.742. The van der Waals surface area contributed by atoms with E-state index < -0.39 is 0 Å². The number of pyridine rings is 1. The average Bonchev–Trinajstić information content (AvgIpc) is 3.18. The number of hydrogen-bond acceptors (Lipinski definition) is 4. The third kappa shape index (κ3) is 3.92. The van der Waals surface area contributed by atoms with Crippen LogP contribution in [0.3, 0.4) is 0 Å². The summed E-state index contributed by atoms with van der Waals surface area (Å²) < 4.78 is 5.08. The first-order chi connectivity index (χ1) is 11.8. The summed E-state index contributed by atoms with van der Waals surface area (Å²) >= 11 is 0. The van der Waals surface area contributed by atoms with Crippen LogP contribution in [0.2, 0.25) is 0 Å². The quantitative estimate of drug-likeness (QED) is 0.887. The molecule has 0 spiro atoms. The Labute approximate surface area is 142 Å². The molecule has 1 fully saturated rings. The van der Waals surface area contributed by atoms with Gasteiger partial charge in [-0.2, -0.15) is 0 Å². The Morgan fingerprint density at radius 2 is 1.96 bits per heavy atom. The Morgan fingerprint density at radius 1 is 1.21 bits per heavy atom. The number of likely N-dealkylation sites (tertiary alicyclic amines) is 1. The van der Waals surface area contributed by atoms with E-state index in [0.29, 0.717) is 12.4 Å². The fourth-order valence-corrected chi connectivity index (χ4v) is 2.97. The Hall–Kier alpha value is -2.40. The largest absolute Gasteiger partial charge is 0.481 e. The Kier molecular flexibility index (Phi) is 5.43. The van der Waals surface area contributed by atoms with Crippen molar-refractivity contribution in [3.05, 3.63) is 59.8 Å². The van der Waals surface area contributed by atoms with Gasteiger partial charge in [0.05, 0.1) is 7.11 Å². The zero-order valence-electron chi connectivity index (χ0n) is 13.9. The van der Waals surface area contributed by atoms with E-state index >= 15 is 0 Å². The van der Waals surface area contributed by atoms with Gasteiger partial charge in [0.15, 0.2) is 0 Å². The molecule has 0 aliphatic carbocycles. The number of nitrogens with one attached hydrogen (secondary N) is 1. The summed E-state index contributed by atoms with van der Waals surface area (Å²) in [4.78, 5) is 19.1. The second kappa shape index (κ2) is 7.93. The molecule has 1 aliphatic heterocycles. The molecule has 1 unspecified atom stereocenters. The van der Waals surface area contributed by atoms with E-state index in [2.05, 4.69) is 10.3 Å². The molecule has 2 heterocycles. The number of carbonyl (C=O) groups is 1. The highest BCUT2D eigenvalue weighted by atomic mass is 16.5. The van der Waals surface area contributed by atoms with E-state index in [1.807, 2.05) is 47.4 Å². The molecule has 0 bridgehead atoms. The molecule has 2 aromatic rings.